The molecule has 1 atom stereocenters. The van der Waals surface area contributed by atoms with E-state index < -0.39 is 5.60 Å². The lowest BCUT2D eigenvalue weighted by Gasteiger charge is -2.46. The highest BCUT2D eigenvalue weighted by atomic mass is 16.3. The van der Waals surface area contributed by atoms with Gasteiger partial charge in [-0.1, -0.05) is 0 Å². The molecule has 17 heavy (non-hydrogen) atoms. The van der Waals surface area contributed by atoms with Crippen molar-refractivity contribution in [3.63, 3.8) is 0 Å². The van der Waals surface area contributed by atoms with Crippen molar-refractivity contribution in [1.82, 2.24) is 10.2 Å². The van der Waals surface area contributed by atoms with Crippen molar-refractivity contribution < 1.29 is 14.3 Å². The Kier molecular flexibility index (Phi) is 3.22. The Morgan fingerprint density at radius 3 is 2.94 bits per heavy atom. The highest BCUT2D eigenvalue weighted by Gasteiger charge is 2.40. The number of nitrogens with one attached hydrogen (secondary N) is 1. The molecule has 0 radical (unpaired) electrons. The Hall–Kier alpha value is -1.33. The van der Waals surface area contributed by atoms with Crippen LogP contribution in [0.3, 0.4) is 0 Å². The first-order chi connectivity index (χ1) is 7.98. The molecule has 94 valence electrons. The van der Waals surface area contributed by atoms with Gasteiger partial charge in [-0.25, -0.2) is 0 Å². The van der Waals surface area contributed by atoms with Gasteiger partial charge in [-0.05, 0) is 26.0 Å². The number of carbonyl (C=O) groups excluding carboxylic acids is 1. The van der Waals surface area contributed by atoms with Gasteiger partial charge in [0.15, 0.2) is 0 Å². The Morgan fingerprint density at radius 1 is 1.71 bits per heavy atom. The summed E-state index contributed by atoms with van der Waals surface area (Å²) in [5.41, 5.74) is -0.643. The molecule has 1 aromatic rings. The monoisotopic (exact) mass is 238 g/mol. The molecule has 0 bridgehead atoms. The SMILES string of the molecule is CC(C(=O)NCc1ccco1)N1CC(C)(O)C1. The molecule has 1 aromatic heterocycles. The van der Waals surface area contributed by atoms with Crippen LogP contribution in [0.25, 0.3) is 0 Å². The molecule has 0 spiro atoms. The maximum Gasteiger partial charge on any atom is 0.237 e. The normalized spacial score (nSPS) is 20.6. The largest absolute Gasteiger partial charge is 0.467 e. The maximum absolute atomic E-state index is 11.8. The maximum atomic E-state index is 11.8. The summed E-state index contributed by atoms with van der Waals surface area (Å²) in [5.74, 6) is 0.693. The van der Waals surface area contributed by atoms with Crippen molar-refractivity contribution in [2.45, 2.75) is 32.0 Å². The van der Waals surface area contributed by atoms with E-state index in [1.54, 1.807) is 19.3 Å². The predicted octanol–water partition coefficient (Wildman–Crippen LogP) is 0.351. The van der Waals surface area contributed by atoms with Crippen LogP contribution in [0.4, 0.5) is 0 Å². The molecule has 1 unspecified atom stereocenters. The van der Waals surface area contributed by atoms with E-state index in [0.29, 0.717) is 19.6 Å². The third-order valence-corrected chi connectivity index (χ3v) is 3.03. The zero-order valence-corrected chi connectivity index (χ0v) is 10.1. The van der Waals surface area contributed by atoms with Crippen LogP contribution in [0.5, 0.6) is 0 Å². The van der Waals surface area contributed by atoms with Crippen LogP contribution >= 0.6 is 0 Å². The van der Waals surface area contributed by atoms with Crippen LogP contribution in [0.1, 0.15) is 19.6 Å². The third kappa shape index (κ3) is 2.87. The first kappa shape index (κ1) is 12.1. The average Bonchev–Trinajstić information content (AvgIpc) is 2.74. The number of likely N-dealkylation sites (tertiary alicyclic amines) is 1. The second-order valence-electron chi connectivity index (χ2n) is 4.88. The van der Waals surface area contributed by atoms with Crippen LogP contribution in [0.2, 0.25) is 0 Å². The fourth-order valence-corrected chi connectivity index (χ4v) is 2.00. The van der Waals surface area contributed by atoms with Crippen molar-refractivity contribution in [2.75, 3.05) is 13.1 Å². The minimum atomic E-state index is -0.643. The van der Waals surface area contributed by atoms with Gasteiger partial charge in [0.25, 0.3) is 0 Å². The summed E-state index contributed by atoms with van der Waals surface area (Å²) < 4.78 is 5.13. The van der Waals surface area contributed by atoms with E-state index in [9.17, 15) is 9.90 Å². The van der Waals surface area contributed by atoms with Gasteiger partial charge in [0, 0.05) is 13.1 Å². The Morgan fingerprint density at radius 2 is 2.41 bits per heavy atom. The van der Waals surface area contributed by atoms with Crippen molar-refractivity contribution in [2.24, 2.45) is 0 Å². The van der Waals surface area contributed by atoms with Gasteiger partial charge in [-0.15, -0.1) is 0 Å². The summed E-state index contributed by atoms with van der Waals surface area (Å²) in [7, 11) is 0. The fraction of sp³-hybridized carbons (Fsp3) is 0.583. The van der Waals surface area contributed by atoms with Gasteiger partial charge >= 0.3 is 0 Å². The topological polar surface area (TPSA) is 65.7 Å². The molecule has 1 fully saturated rings. The van der Waals surface area contributed by atoms with Gasteiger partial charge in [-0.3, -0.25) is 9.69 Å². The number of nitrogens with zero attached hydrogens (tertiary/aromatic N) is 1. The first-order valence-corrected chi connectivity index (χ1v) is 5.74. The molecule has 0 aromatic carbocycles. The lowest BCUT2D eigenvalue weighted by atomic mass is 9.95. The van der Waals surface area contributed by atoms with E-state index in [-0.39, 0.29) is 11.9 Å². The predicted molar refractivity (Wildman–Crippen MR) is 62.2 cm³/mol. The Bertz CT molecular complexity index is 378. The highest BCUT2D eigenvalue weighted by molar-refractivity contribution is 5.81. The van der Waals surface area contributed by atoms with Crippen molar-refractivity contribution in [3.8, 4) is 0 Å². The summed E-state index contributed by atoms with van der Waals surface area (Å²) in [6.45, 7) is 5.11. The number of carbonyl (C=O) groups is 1. The number of β-amino-alcohol motifs (C(OH)–C–C–N with tert-alkyl or cyclic N) is 1. The second-order valence-corrected chi connectivity index (χ2v) is 4.88. The summed E-state index contributed by atoms with van der Waals surface area (Å²) in [4.78, 5) is 13.7. The van der Waals surface area contributed by atoms with Crippen LogP contribution in [-0.2, 0) is 11.3 Å². The summed E-state index contributed by atoms with van der Waals surface area (Å²) in [6.07, 6.45) is 1.58. The zero-order chi connectivity index (χ0) is 12.5. The summed E-state index contributed by atoms with van der Waals surface area (Å²) in [5, 5.41) is 12.4. The van der Waals surface area contributed by atoms with Gasteiger partial charge in [-0.2, -0.15) is 0 Å². The molecule has 1 aliphatic rings. The molecule has 1 aliphatic heterocycles. The average molecular weight is 238 g/mol. The van der Waals surface area contributed by atoms with Crippen LogP contribution in [0.15, 0.2) is 22.8 Å². The number of hydrogen-bond donors (Lipinski definition) is 2. The van der Waals surface area contributed by atoms with E-state index in [2.05, 4.69) is 5.32 Å². The van der Waals surface area contributed by atoms with Crippen LogP contribution in [0, 0.1) is 0 Å². The molecule has 0 saturated carbocycles. The van der Waals surface area contributed by atoms with Crippen LogP contribution < -0.4 is 5.32 Å². The number of rotatable bonds is 4. The Labute approximate surface area is 100 Å². The van der Waals surface area contributed by atoms with Crippen molar-refractivity contribution >= 4 is 5.91 Å². The highest BCUT2D eigenvalue weighted by Crippen LogP contribution is 2.22. The molecule has 2 heterocycles. The zero-order valence-electron chi connectivity index (χ0n) is 10.1. The number of furan rings is 1. The van der Waals surface area contributed by atoms with Gasteiger partial charge in [0.05, 0.1) is 24.5 Å². The van der Waals surface area contributed by atoms with Crippen molar-refractivity contribution in [1.29, 1.82) is 0 Å². The summed E-state index contributed by atoms with van der Waals surface area (Å²) in [6, 6.07) is 3.39. The van der Waals surface area contributed by atoms with E-state index in [0.717, 1.165) is 5.76 Å². The van der Waals surface area contributed by atoms with Gasteiger partial charge < -0.3 is 14.8 Å². The number of aliphatic hydroxyl groups is 1. The molecule has 5 heteroatoms. The molecular weight excluding hydrogens is 220 g/mol. The smallest absolute Gasteiger partial charge is 0.237 e. The van der Waals surface area contributed by atoms with Gasteiger partial charge in [0.1, 0.15) is 5.76 Å². The molecule has 1 saturated heterocycles. The first-order valence-electron chi connectivity index (χ1n) is 5.74. The number of amides is 1. The molecule has 2 rings (SSSR count). The third-order valence-electron chi connectivity index (χ3n) is 3.03. The molecular formula is C12H18N2O3. The lowest BCUT2D eigenvalue weighted by molar-refractivity contribution is -0.138. The molecule has 5 nitrogen and oxygen atoms in total. The van der Waals surface area contributed by atoms with Crippen molar-refractivity contribution in [3.05, 3.63) is 24.2 Å². The fourth-order valence-electron chi connectivity index (χ4n) is 2.00. The van der Waals surface area contributed by atoms with Gasteiger partial charge in [0.2, 0.25) is 5.91 Å². The quantitative estimate of drug-likeness (QED) is 0.794. The van der Waals surface area contributed by atoms with E-state index in [1.807, 2.05) is 17.9 Å². The molecule has 2 N–H and O–H groups in total. The standard InChI is InChI=1S/C12H18N2O3/c1-9(14-7-12(2,16)8-14)11(15)13-6-10-4-3-5-17-10/h3-5,9,16H,6-8H2,1-2H3,(H,13,15). The molecule has 0 aliphatic carbocycles. The minimum Gasteiger partial charge on any atom is -0.467 e. The second kappa shape index (κ2) is 4.50. The van der Waals surface area contributed by atoms with E-state index in [1.165, 1.54) is 0 Å². The number of hydrogen-bond acceptors (Lipinski definition) is 4. The molecule has 1 amide bonds. The van der Waals surface area contributed by atoms with E-state index in [4.69, 9.17) is 4.42 Å². The summed E-state index contributed by atoms with van der Waals surface area (Å²) >= 11 is 0. The Balaban J connectivity index is 1.76. The lowest BCUT2D eigenvalue weighted by Crippen LogP contribution is -2.64. The minimum absolute atomic E-state index is 0.0445. The van der Waals surface area contributed by atoms with E-state index >= 15 is 0 Å². The van der Waals surface area contributed by atoms with Crippen LogP contribution in [-0.4, -0.2) is 40.6 Å².